The van der Waals surface area contributed by atoms with Gasteiger partial charge in [-0.2, -0.15) is 8.78 Å². The van der Waals surface area contributed by atoms with E-state index in [0.717, 1.165) is 29.9 Å². The van der Waals surface area contributed by atoms with Crippen LogP contribution in [0.5, 0.6) is 0 Å². The fourth-order valence-corrected chi connectivity index (χ4v) is 4.99. The third-order valence-electron chi connectivity index (χ3n) is 5.42. The van der Waals surface area contributed by atoms with Crippen molar-refractivity contribution >= 4 is 27.0 Å². The van der Waals surface area contributed by atoms with E-state index in [0.29, 0.717) is 25.3 Å². The van der Waals surface area contributed by atoms with Gasteiger partial charge in [0, 0.05) is 39.1 Å². The molecule has 1 amide bonds. The third kappa shape index (κ3) is 4.07. The highest BCUT2D eigenvalue weighted by Gasteiger charge is 2.33. The number of carbonyl (C=O) groups excluding carboxylic acids is 1. The van der Waals surface area contributed by atoms with E-state index in [-0.39, 0.29) is 21.9 Å². The van der Waals surface area contributed by atoms with Gasteiger partial charge in [-0.3, -0.25) is 4.79 Å². The molecule has 1 aromatic carbocycles. The van der Waals surface area contributed by atoms with Crippen molar-refractivity contribution in [2.24, 2.45) is 11.7 Å². The summed E-state index contributed by atoms with van der Waals surface area (Å²) in [5, 5.41) is 0. The van der Waals surface area contributed by atoms with Crippen LogP contribution in [0.25, 0.3) is 11.0 Å². The molecular weight excluding hydrogens is 430 g/mol. The number of hydrogen-bond donors (Lipinski definition) is 1. The van der Waals surface area contributed by atoms with Gasteiger partial charge in [0.1, 0.15) is 0 Å². The second kappa shape index (κ2) is 7.72. The maximum Gasteiger partial charge on any atom is 0.302 e. The number of nitrogens with two attached hydrogens (primary N) is 1. The number of benzene rings is 1. The zero-order chi connectivity index (χ0) is 22.4. The van der Waals surface area contributed by atoms with E-state index in [4.69, 9.17) is 10.5 Å². The summed E-state index contributed by atoms with van der Waals surface area (Å²) in [4.78, 5) is 15.2. The molecular formula is C20H22F2N4O4S. The molecule has 0 radical (unpaired) electrons. The van der Waals surface area contributed by atoms with Crippen LogP contribution >= 0.6 is 0 Å². The van der Waals surface area contributed by atoms with Gasteiger partial charge in [-0.15, -0.1) is 0 Å². The van der Waals surface area contributed by atoms with Gasteiger partial charge in [0.15, 0.2) is 5.82 Å². The maximum absolute atomic E-state index is 14.3. The van der Waals surface area contributed by atoms with Crippen molar-refractivity contribution in [1.82, 2.24) is 13.5 Å². The Bertz CT molecular complexity index is 1240. The first-order chi connectivity index (χ1) is 14.6. The summed E-state index contributed by atoms with van der Waals surface area (Å²) in [6, 6.07) is 5.39. The minimum atomic E-state index is -4.05. The Kier molecular flexibility index (Phi) is 5.34. The van der Waals surface area contributed by atoms with Crippen molar-refractivity contribution < 1.29 is 26.7 Å². The first-order valence-corrected chi connectivity index (χ1v) is 11.2. The highest BCUT2D eigenvalue weighted by molar-refractivity contribution is 7.90. The molecule has 3 heterocycles. The number of alkyl halides is 2. The monoisotopic (exact) mass is 452 g/mol. The fraction of sp³-hybridized carbons (Fsp3) is 0.400. The molecule has 1 fully saturated rings. The van der Waals surface area contributed by atoms with Crippen molar-refractivity contribution in [2.75, 3.05) is 13.2 Å². The van der Waals surface area contributed by atoms with E-state index < -0.39 is 27.7 Å². The van der Waals surface area contributed by atoms with Crippen molar-refractivity contribution in [3.63, 3.8) is 0 Å². The highest BCUT2D eigenvalue weighted by Crippen LogP contribution is 2.32. The minimum Gasteiger partial charge on any atom is -0.381 e. The van der Waals surface area contributed by atoms with Gasteiger partial charge in [0.25, 0.3) is 10.0 Å². The summed E-state index contributed by atoms with van der Waals surface area (Å²) in [6.07, 6.45) is 3.83. The lowest BCUT2D eigenvalue weighted by Crippen LogP contribution is -2.24. The topological polar surface area (TPSA) is 109 Å². The molecule has 11 heteroatoms. The summed E-state index contributed by atoms with van der Waals surface area (Å²) in [5.74, 6) is -4.19. The number of primary amides is 1. The molecule has 31 heavy (non-hydrogen) atoms. The van der Waals surface area contributed by atoms with Gasteiger partial charge in [0.05, 0.1) is 21.5 Å². The van der Waals surface area contributed by atoms with Crippen LogP contribution in [0, 0.1) is 5.92 Å². The number of carbonyl (C=O) groups is 1. The molecule has 4 rings (SSSR count). The Morgan fingerprint density at radius 3 is 2.61 bits per heavy atom. The summed E-state index contributed by atoms with van der Waals surface area (Å²) < 4.78 is 62.2. The van der Waals surface area contributed by atoms with E-state index >= 15 is 0 Å². The van der Waals surface area contributed by atoms with Crippen LogP contribution in [0.2, 0.25) is 0 Å². The fourth-order valence-electron chi connectivity index (χ4n) is 3.77. The van der Waals surface area contributed by atoms with E-state index in [1.807, 2.05) is 0 Å². The predicted octanol–water partition coefficient (Wildman–Crippen LogP) is 2.71. The predicted molar refractivity (Wildman–Crippen MR) is 108 cm³/mol. The number of hydrogen-bond acceptors (Lipinski definition) is 5. The number of rotatable bonds is 6. The standard InChI is InChI=1S/C20H22F2N4O4S/c1-20(21,22)19-24-16-10-15(31(28,29)25-7-4-14(12-25)18(23)27)2-3-17(16)26(19)11-13-5-8-30-9-6-13/h2-4,7,10,12-13H,5-6,8-9,11H2,1H3,(H2,23,27). The molecule has 8 nitrogen and oxygen atoms in total. The number of halogens is 2. The van der Waals surface area contributed by atoms with Crippen molar-refractivity contribution in [1.29, 1.82) is 0 Å². The van der Waals surface area contributed by atoms with Gasteiger partial charge in [-0.05, 0) is 43.0 Å². The number of fused-ring (bicyclic) bond motifs is 1. The van der Waals surface area contributed by atoms with Gasteiger partial charge in [0.2, 0.25) is 5.91 Å². The number of amides is 1. The maximum atomic E-state index is 14.3. The molecule has 166 valence electrons. The van der Waals surface area contributed by atoms with Gasteiger partial charge in [-0.1, -0.05) is 0 Å². The van der Waals surface area contributed by atoms with Crippen molar-refractivity contribution in [3.8, 4) is 0 Å². The van der Waals surface area contributed by atoms with Crippen LogP contribution < -0.4 is 5.73 Å². The van der Waals surface area contributed by atoms with Gasteiger partial charge >= 0.3 is 5.92 Å². The van der Waals surface area contributed by atoms with Crippen LogP contribution in [0.1, 0.15) is 35.9 Å². The smallest absolute Gasteiger partial charge is 0.302 e. The Morgan fingerprint density at radius 2 is 2.00 bits per heavy atom. The minimum absolute atomic E-state index is 0.0401. The number of nitrogens with zero attached hydrogens (tertiary/aromatic N) is 3. The first kappa shape index (κ1) is 21.4. The van der Waals surface area contributed by atoms with Crippen LogP contribution in [-0.4, -0.2) is 41.1 Å². The summed E-state index contributed by atoms with van der Waals surface area (Å²) in [5.41, 5.74) is 5.82. The molecule has 2 aromatic heterocycles. The van der Waals surface area contributed by atoms with Crippen molar-refractivity contribution in [3.05, 3.63) is 48.0 Å². The normalized spacial score (nSPS) is 16.1. The molecule has 0 atom stereocenters. The molecule has 0 saturated carbocycles. The van der Waals surface area contributed by atoms with Crippen LogP contribution in [0.15, 0.2) is 41.6 Å². The Labute approximate surface area is 177 Å². The summed E-state index contributed by atoms with van der Waals surface area (Å²) in [7, 11) is -4.05. The number of aromatic nitrogens is 3. The van der Waals surface area contributed by atoms with Crippen LogP contribution in [-0.2, 0) is 27.2 Å². The molecule has 1 aliphatic rings. The van der Waals surface area contributed by atoms with E-state index in [1.165, 1.54) is 35.0 Å². The number of imidazole rings is 1. The SMILES string of the molecule is CC(F)(F)c1nc2cc(S(=O)(=O)n3ccc(C(N)=O)c3)ccc2n1CC1CCOCC1. The lowest BCUT2D eigenvalue weighted by molar-refractivity contribution is 0.00222. The lowest BCUT2D eigenvalue weighted by Gasteiger charge is -2.24. The molecule has 1 aliphatic heterocycles. The number of ether oxygens (including phenoxy) is 1. The molecule has 3 aromatic rings. The largest absolute Gasteiger partial charge is 0.381 e. The third-order valence-corrected chi connectivity index (χ3v) is 7.05. The summed E-state index contributed by atoms with van der Waals surface area (Å²) >= 11 is 0. The lowest BCUT2D eigenvalue weighted by atomic mass is 10.00. The Balaban J connectivity index is 1.77. The molecule has 0 unspecified atom stereocenters. The zero-order valence-corrected chi connectivity index (χ0v) is 17.6. The Hall–Kier alpha value is -2.79. The van der Waals surface area contributed by atoms with Crippen LogP contribution in [0.3, 0.4) is 0 Å². The zero-order valence-electron chi connectivity index (χ0n) is 16.8. The average molecular weight is 452 g/mol. The van der Waals surface area contributed by atoms with Crippen LogP contribution in [0.4, 0.5) is 8.78 Å². The van der Waals surface area contributed by atoms with E-state index in [1.54, 1.807) is 0 Å². The molecule has 0 bridgehead atoms. The molecule has 2 N–H and O–H groups in total. The highest BCUT2D eigenvalue weighted by atomic mass is 32.2. The van der Waals surface area contributed by atoms with Gasteiger partial charge in [-0.25, -0.2) is 17.4 Å². The first-order valence-electron chi connectivity index (χ1n) is 9.77. The van der Waals surface area contributed by atoms with Gasteiger partial charge < -0.3 is 15.0 Å². The second-order valence-electron chi connectivity index (χ2n) is 7.74. The average Bonchev–Trinajstić information content (AvgIpc) is 3.34. The molecule has 0 aliphatic carbocycles. The van der Waals surface area contributed by atoms with Crippen molar-refractivity contribution in [2.45, 2.75) is 37.1 Å². The Morgan fingerprint density at radius 1 is 1.29 bits per heavy atom. The molecule has 1 saturated heterocycles. The quantitative estimate of drug-likeness (QED) is 0.619. The molecule has 0 spiro atoms. The van der Waals surface area contributed by atoms with E-state index in [2.05, 4.69) is 4.98 Å². The summed E-state index contributed by atoms with van der Waals surface area (Å²) in [6.45, 7) is 2.30. The van der Waals surface area contributed by atoms with E-state index in [9.17, 15) is 22.0 Å². The second-order valence-corrected chi connectivity index (χ2v) is 9.58.